The smallest absolute Gasteiger partial charge is 0.451 e. The van der Waals surface area contributed by atoms with Crippen LogP contribution in [0.4, 0.5) is 18.0 Å². The van der Waals surface area contributed by atoms with Crippen LogP contribution in [-0.2, 0) is 15.7 Å². The van der Waals surface area contributed by atoms with E-state index in [4.69, 9.17) is 14.2 Å². The number of amides is 2. The molecule has 2 aromatic heterocycles. The average molecular weight is 566 g/mol. The van der Waals surface area contributed by atoms with E-state index in [2.05, 4.69) is 20.3 Å². The number of halogens is 3. The first-order valence-electron chi connectivity index (χ1n) is 11.9. The number of methoxy groups -OCH3 is 1. The first kappa shape index (κ1) is 28.2. The maximum absolute atomic E-state index is 13.2. The van der Waals surface area contributed by atoms with E-state index in [-0.39, 0.29) is 18.7 Å². The first-order valence-corrected chi connectivity index (χ1v) is 12.7. The Morgan fingerprint density at radius 2 is 1.95 bits per heavy atom. The number of hydrogen-bond acceptors (Lipinski definition) is 9. The van der Waals surface area contributed by atoms with Crippen LogP contribution in [0.25, 0.3) is 10.6 Å². The summed E-state index contributed by atoms with van der Waals surface area (Å²) in [6, 6.07) is 4.29. The monoisotopic (exact) mass is 565 g/mol. The normalized spacial score (nSPS) is 16.5. The first-order chi connectivity index (χ1) is 18.5. The lowest BCUT2D eigenvalue weighted by molar-refractivity contribution is -0.145. The lowest BCUT2D eigenvalue weighted by Gasteiger charge is -2.31. The maximum Gasteiger partial charge on any atom is 0.451 e. The molecule has 1 fully saturated rings. The van der Waals surface area contributed by atoms with Crippen LogP contribution in [-0.4, -0.2) is 71.4 Å². The second-order valence-electron chi connectivity index (χ2n) is 8.77. The van der Waals surface area contributed by atoms with Crippen molar-refractivity contribution in [1.29, 1.82) is 0 Å². The number of aryl methyl sites for hydroxylation is 1. The molecule has 3 heterocycles. The number of morpholine rings is 1. The number of carbonyl (C=O) groups excluding carboxylic acids is 2. The molecule has 4 rings (SSSR count). The predicted molar refractivity (Wildman–Crippen MR) is 134 cm³/mol. The highest BCUT2D eigenvalue weighted by molar-refractivity contribution is 7.14. The molecule has 208 valence electrons. The van der Waals surface area contributed by atoms with Crippen molar-refractivity contribution in [2.24, 2.45) is 0 Å². The highest BCUT2D eigenvalue weighted by Gasteiger charge is 2.34. The minimum absolute atomic E-state index is 0.119. The molecule has 1 aromatic carbocycles. The van der Waals surface area contributed by atoms with E-state index in [0.717, 1.165) is 17.3 Å². The Labute approximate surface area is 226 Å². The van der Waals surface area contributed by atoms with Gasteiger partial charge in [0.25, 0.3) is 5.91 Å². The third-order valence-electron chi connectivity index (χ3n) is 5.82. The van der Waals surface area contributed by atoms with E-state index in [0.29, 0.717) is 35.0 Å². The zero-order chi connectivity index (χ0) is 28.2. The van der Waals surface area contributed by atoms with Crippen LogP contribution in [0.3, 0.4) is 0 Å². The van der Waals surface area contributed by atoms with Gasteiger partial charge in [0.05, 0.1) is 26.3 Å². The summed E-state index contributed by atoms with van der Waals surface area (Å²) in [6.45, 7) is 4.68. The summed E-state index contributed by atoms with van der Waals surface area (Å²) < 4.78 is 54.8. The molecular weight excluding hydrogens is 539 g/mol. The van der Waals surface area contributed by atoms with Gasteiger partial charge in [-0.3, -0.25) is 4.79 Å². The number of nitrogens with zero attached hydrogens (tertiary/aromatic N) is 4. The van der Waals surface area contributed by atoms with Gasteiger partial charge in [0.1, 0.15) is 23.5 Å². The number of nitrogens with one attached hydrogen (secondary N) is 1. The summed E-state index contributed by atoms with van der Waals surface area (Å²) in [6.07, 6.45) is -1.72. The Kier molecular flexibility index (Phi) is 8.65. The summed E-state index contributed by atoms with van der Waals surface area (Å²) in [7, 11) is 1.31. The molecule has 0 bridgehead atoms. The summed E-state index contributed by atoms with van der Waals surface area (Å²) >= 11 is 1.45. The fraction of sp³-hybridized carbons (Fsp3) is 0.400. The van der Waals surface area contributed by atoms with Crippen LogP contribution in [0.1, 0.15) is 39.6 Å². The van der Waals surface area contributed by atoms with Crippen molar-refractivity contribution in [3.8, 4) is 16.3 Å². The van der Waals surface area contributed by atoms with Crippen molar-refractivity contribution in [3.63, 3.8) is 0 Å². The minimum atomic E-state index is -4.66. The molecule has 0 saturated carbocycles. The van der Waals surface area contributed by atoms with Gasteiger partial charge in [0.2, 0.25) is 5.82 Å². The number of benzene rings is 1. The molecule has 3 aromatic rings. The third kappa shape index (κ3) is 7.20. The Balaban J connectivity index is 1.51. The average Bonchev–Trinajstić information content (AvgIpc) is 3.37. The standard InChI is InChI=1S/C25H26F3N5O5S/c1-14-9-29-22(39-14)17-6-16(21(34)32-15(2)18-10-30-23(31-11-18)25(26,27)28)7-19(8-17)38-13-20-12-33(4-5-37-20)24(35)36-3/h6-11,15,20H,4-5,12-13H2,1-3H3,(H,32,34)/t15-,20+/m1/s1. The van der Waals surface area contributed by atoms with Crippen molar-refractivity contribution < 1.29 is 37.0 Å². The van der Waals surface area contributed by atoms with Gasteiger partial charge in [-0.15, -0.1) is 11.3 Å². The molecule has 2 atom stereocenters. The van der Waals surface area contributed by atoms with Gasteiger partial charge in [-0.2, -0.15) is 13.2 Å². The lowest BCUT2D eigenvalue weighted by Crippen LogP contribution is -2.47. The van der Waals surface area contributed by atoms with Crippen LogP contribution in [0.5, 0.6) is 5.75 Å². The number of carbonyl (C=O) groups is 2. The third-order valence-corrected chi connectivity index (χ3v) is 6.78. The molecule has 0 spiro atoms. The van der Waals surface area contributed by atoms with Gasteiger partial charge < -0.3 is 24.4 Å². The van der Waals surface area contributed by atoms with E-state index < -0.39 is 36.1 Å². The molecule has 1 N–H and O–H groups in total. The Morgan fingerprint density at radius 1 is 1.21 bits per heavy atom. The number of hydrogen-bond donors (Lipinski definition) is 1. The van der Waals surface area contributed by atoms with Crippen molar-refractivity contribution in [1.82, 2.24) is 25.2 Å². The molecule has 0 radical (unpaired) electrons. The summed E-state index contributed by atoms with van der Waals surface area (Å²) in [5, 5.41) is 3.44. The SMILES string of the molecule is COC(=O)N1CCO[C@H](COc2cc(C(=O)N[C@H](C)c3cnc(C(F)(F)F)nc3)cc(-c3ncc(C)s3)c2)C1. The molecule has 0 unspecified atom stereocenters. The number of ether oxygens (including phenoxy) is 3. The van der Waals surface area contributed by atoms with E-state index in [1.54, 1.807) is 31.3 Å². The highest BCUT2D eigenvalue weighted by atomic mass is 32.1. The molecule has 0 aliphatic carbocycles. The van der Waals surface area contributed by atoms with Crippen LogP contribution in [0, 0.1) is 6.92 Å². The predicted octanol–water partition coefficient (Wildman–Crippen LogP) is 4.26. The molecular formula is C25H26F3N5O5S. The molecule has 14 heteroatoms. The van der Waals surface area contributed by atoms with Gasteiger partial charge in [-0.25, -0.2) is 19.7 Å². The van der Waals surface area contributed by atoms with Crippen molar-refractivity contribution >= 4 is 23.3 Å². The lowest BCUT2D eigenvalue weighted by atomic mass is 10.1. The minimum Gasteiger partial charge on any atom is -0.491 e. The van der Waals surface area contributed by atoms with Crippen LogP contribution in [0.2, 0.25) is 0 Å². The fourth-order valence-corrected chi connectivity index (χ4v) is 4.55. The van der Waals surface area contributed by atoms with Gasteiger partial charge >= 0.3 is 12.3 Å². The zero-order valence-corrected chi connectivity index (χ0v) is 22.1. The number of alkyl halides is 3. The van der Waals surface area contributed by atoms with E-state index >= 15 is 0 Å². The molecule has 39 heavy (non-hydrogen) atoms. The van der Waals surface area contributed by atoms with E-state index in [9.17, 15) is 22.8 Å². The van der Waals surface area contributed by atoms with Gasteiger partial charge in [-0.1, -0.05) is 0 Å². The Bertz CT molecular complexity index is 1320. The summed E-state index contributed by atoms with van der Waals surface area (Å²) in [5.74, 6) is -1.35. The number of rotatable bonds is 7. The topological polar surface area (TPSA) is 116 Å². The van der Waals surface area contributed by atoms with Gasteiger partial charge in [-0.05, 0) is 32.0 Å². The summed E-state index contributed by atoms with van der Waals surface area (Å²) in [5.41, 5.74) is 1.22. The van der Waals surface area contributed by atoms with Crippen LogP contribution >= 0.6 is 11.3 Å². The number of thiazole rings is 1. The molecule has 1 aliphatic heterocycles. The van der Waals surface area contributed by atoms with Crippen LogP contribution in [0.15, 0.2) is 36.8 Å². The van der Waals surface area contributed by atoms with E-state index in [1.165, 1.54) is 23.3 Å². The molecule has 1 saturated heterocycles. The van der Waals surface area contributed by atoms with Crippen molar-refractivity contribution in [3.05, 3.63) is 58.6 Å². The maximum atomic E-state index is 13.2. The van der Waals surface area contributed by atoms with Gasteiger partial charge in [0.15, 0.2) is 0 Å². The Hall–Kier alpha value is -3.78. The molecule has 2 amide bonds. The van der Waals surface area contributed by atoms with Crippen molar-refractivity contribution in [2.75, 3.05) is 33.4 Å². The van der Waals surface area contributed by atoms with Gasteiger partial charge in [0, 0.05) is 46.7 Å². The zero-order valence-electron chi connectivity index (χ0n) is 21.3. The summed E-state index contributed by atoms with van der Waals surface area (Å²) in [4.78, 5) is 38.6. The van der Waals surface area contributed by atoms with Crippen LogP contribution < -0.4 is 10.1 Å². The second-order valence-corrected chi connectivity index (χ2v) is 10.0. The fourth-order valence-electron chi connectivity index (χ4n) is 3.80. The van der Waals surface area contributed by atoms with Crippen molar-refractivity contribution in [2.45, 2.75) is 32.2 Å². The largest absolute Gasteiger partial charge is 0.491 e. The quantitative estimate of drug-likeness (QED) is 0.452. The highest BCUT2D eigenvalue weighted by Crippen LogP contribution is 2.30. The Morgan fingerprint density at radius 3 is 2.59 bits per heavy atom. The molecule has 10 nitrogen and oxygen atoms in total. The number of aromatic nitrogens is 3. The second kappa shape index (κ2) is 11.9. The van der Waals surface area contributed by atoms with E-state index in [1.807, 2.05) is 6.92 Å². The molecule has 1 aliphatic rings.